The van der Waals surface area contributed by atoms with Crippen LogP contribution in [0.15, 0.2) is 58.8 Å². The minimum absolute atomic E-state index is 0.165. The Balaban J connectivity index is 1.86. The standard InChI is InChI=1S/C19H18N4OS/c1-12-7-6-8-14(11-12)18-20-21-19-23(18)22-17(13(2)25-19)15-9-4-5-10-16(15)24-3/h4-11,13H,1-3H3/t13-/m0/s1. The molecular weight excluding hydrogens is 332 g/mol. The summed E-state index contributed by atoms with van der Waals surface area (Å²) in [5.74, 6) is 1.58. The van der Waals surface area contributed by atoms with Crippen molar-refractivity contribution in [2.75, 3.05) is 7.11 Å². The first-order valence-corrected chi connectivity index (χ1v) is 8.96. The molecule has 2 aromatic carbocycles. The summed E-state index contributed by atoms with van der Waals surface area (Å²) in [5.41, 5.74) is 4.15. The van der Waals surface area contributed by atoms with Crippen LogP contribution >= 0.6 is 11.8 Å². The Morgan fingerprint density at radius 3 is 2.72 bits per heavy atom. The highest BCUT2D eigenvalue weighted by atomic mass is 32.2. The molecule has 0 amide bonds. The maximum Gasteiger partial charge on any atom is 0.213 e. The van der Waals surface area contributed by atoms with Crippen molar-refractivity contribution < 1.29 is 4.74 Å². The summed E-state index contributed by atoms with van der Waals surface area (Å²) in [6, 6.07) is 16.2. The summed E-state index contributed by atoms with van der Waals surface area (Å²) < 4.78 is 7.35. The zero-order valence-corrected chi connectivity index (χ0v) is 15.1. The Bertz CT molecular complexity index is 964. The molecule has 5 nitrogen and oxygen atoms in total. The van der Waals surface area contributed by atoms with Gasteiger partial charge in [-0.25, -0.2) is 0 Å². The van der Waals surface area contributed by atoms with Gasteiger partial charge in [0.1, 0.15) is 5.75 Å². The Hall–Kier alpha value is -2.60. The van der Waals surface area contributed by atoms with Gasteiger partial charge in [-0.2, -0.15) is 9.78 Å². The quantitative estimate of drug-likeness (QED) is 0.716. The van der Waals surface area contributed by atoms with Crippen molar-refractivity contribution in [2.45, 2.75) is 24.3 Å². The summed E-state index contributed by atoms with van der Waals surface area (Å²) in [5, 5.41) is 14.5. The monoisotopic (exact) mass is 350 g/mol. The third-order valence-corrected chi connectivity index (χ3v) is 5.19. The maximum atomic E-state index is 5.52. The number of rotatable bonds is 3. The molecule has 0 N–H and O–H groups in total. The minimum atomic E-state index is 0.165. The number of fused-ring (bicyclic) bond motifs is 1. The van der Waals surface area contributed by atoms with E-state index in [1.165, 1.54) is 5.56 Å². The molecule has 1 aliphatic heterocycles. The van der Waals surface area contributed by atoms with Crippen LogP contribution < -0.4 is 4.74 Å². The van der Waals surface area contributed by atoms with Crippen LogP contribution in [0.25, 0.3) is 11.4 Å². The van der Waals surface area contributed by atoms with Crippen molar-refractivity contribution >= 4 is 17.5 Å². The van der Waals surface area contributed by atoms with Gasteiger partial charge in [0, 0.05) is 11.1 Å². The number of thioether (sulfide) groups is 1. The van der Waals surface area contributed by atoms with Crippen LogP contribution in [0.4, 0.5) is 0 Å². The van der Waals surface area contributed by atoms with Gasteiger partial charge in [-0.15, -0.1) is 10.2 Å². The van der Waals surface area contributed by atoms with E-state index in [1.54, 1.807) is 18.9 Å². The first kappa shape index (κ1) is 15.9. The SMILES string of the molecule is COc1ccccc1C1=Nn2c(nnc2-c2cccc(C)c2)S[C@H]1C. The van der Waals surface area contributed by atoms with E-state index >= 15 is 0 Å². The van der Waals surface area contributed by atoms with E-state index in [2.05, 4.69) is 36.2 Å². The third kappa shape index (κ3) is 2.82. The summed E-state index contributed by atoms with van der Waals surface area (Å²) in [7, 11) is 1.68. The lowest BCUT2D eigenvalue weighted by Crippen LogP contribution is -2.22. The van der Waals surface area contributed by atoms with Crippen molar-refractivity contribution in [3.8, 4) is 17.1 Å². The molecule has 0 aliphatic carbocycles. The predicted octanol–water partition coefficient (Wildman–Crippen LogP) is 4.01. The summed E-state index contributed by atoms with van der Waals surface area (Å²) in [6.45, 7) is 4.19. The maximum absolute atomic E-state index is 5.52. The van der Waals surface area contributed by atoms with Crippen molar-refractivity contribution in [1.29, 1.82) is 0 Å². The fourth-order valence-electron chi connectivity index (χ4n) is 2.93. The van der Waals surface area contributed by atoms with E-state index in [9.17, 15) is 0 Å². The molecule has 0 saturated heterocycles. The predicted molar refractivity (Wildman–Crippen MR) is 100 cm³/mol. The van der Waals surface area contributed by atoms with Crippen molar-refractivity contribution in [3.05, 3.63) is 59.7 Å². The molecule has 1 atom stereocenters. The zero-order valence-electron chi connectivity index (χ0n) is 14.3. The molecule has 3 aromatic rings. The number of methoxy groups -OCH3 is 1. The molecule has 0 saturated carbocycles. The average Bonchev–Trinajstić information content (AvgIpc) is 3.03. The fourth-order valence-corrected chi connectivity index (χ4v) is 3.84. The number of aromatic nitrogens is 3. The van der Waals surface area contributed by atoms with Crippen LogP contribution in [0.2, 0.25) is 0 Å². The number of benzene rings is 2. The number of ether oxygens (including phenoxy) is 1. The number of hydrogen-bond acceptors (Lipinski definition) is 5. The molecule has 0 unspecified atom stereocenters. The third-order valence-electron chi connectivity index (χ3n) is 4.15. The van der Waals surface area contributed by atoms with Gasteiger partial charge in [0.15, 0.2) is 5.82 Å². The average molecular weight is 350 g/mol. The van der Waals surface area contributed by atoms with Crippen LogP contribution in [-0.4, -0.2) is 32.9 Å². The molecule has 1 aromatic heterocycles. The lowest BCUT2D eigenvalue weighted by molar-refractivity contribution is 0.414. The van der Waals surface area contributed by atoms with Crippen LogP contribution in [0.3, 0.4) is 0 Å². The summed E-state index contributed by atoms with van der Waals surface area (Å²) >= 11 is 1.66. The molecule has 0 fully saturated rings. The van der Waals surface area contributed by atoms with Crippen LogP contribution in [0, 0.1) is 6.92 Å². The molecule has 25 heavy (non-hydrogen) atoms. The largest absolute Gasteiger partial charge is 0.496 e. The van der Waals surface area contributed by atoms with Crippen molar-refractivity contribution in [2.24, 2.45) is 5.10 Å². The van der Waals surface area contributed by atoms with Gasteiger partial charge in [0.2, 0.25) is 5.16 Å². The first-order valence-electron chi connectivity index (χ1n) is 8.08. The minimum Gasteiger partial charge on any atom is -0.496 e. The smallest absolute Gasteiger partial charge is 0.213 e. The first-order chi connectivity index (χ1) is 12.2. The van der Waals surface area contributed by atoms with Gasteiger partial charge in [-0.05, 0) is 32.0 Å². The van der Waals surface area contributed by atoms with Gasteiger partial charge >= 0.3 is 0 Å². The Labute approximate surface area is 150 Å². The van der Waals surface area contributed by atoms with Gasteiger partial charge in [-0.3, -0.25) is 0 Å². The summed E-state index contributed by atoms with van der Waals surface area (Å²) in [4.78, 5) is 0. The van der Waals surface area contributed by atoms with Crippen LogP contribution in [0.5, 0.6) is 5.75 Å². The number of para-hydroxylation sites is 1. The normalized spacial score (nSPS) is 16.3. The van der Waals surface area contributed by atoms with Crippen LogP contribution in [0.1, 0.15) is 18.1 Å². The molecule has 4 rings (SSSR count). The Morgan fingerprint density at radius 2 is 1.92 bits per heavy atom. The molecule has 2 heterocycles. The molecule has 0 spiro atoms. The van der Waals surface area contributed by atoms with E-state index in [1.807, 2.05) is 41.1 Å². The van der Waals surface area contributed by atoms with Crippen molar-refractivity contribution in [1.82, 2.24) is 14.9 Å². The molecule has 6 heteroatoms. The highest BCUT2D eigenvalue weighted by Crippen LogP contribution is 2.34. The fraction of sp³-hybridized carbons (Fsp3) is 0.211. The Morgan fingerprint density at radius 1 is 1.08 bits per heavy atom. The molecule has 0 radical (unpaired) electrons. The highest BCUT2D eigenvalue weighted by molar-refractivity contribution is 8.00. The summed E-state index contributed by atoms with van der Waals surface area (Å²) in [6.07, 6.45) is 0. The van der Waals surface area contributed by atoms with E-state index < -0.39 is 0 Å². The number of hydrogen-bond donors (Lipinski definition) is 0. The second kappa shape index (κ2) is 6.37. The van der Waals surface area contributed by atoms with E-state index in [4.69, 9.17) is 9.84 Å². The van der Waals surface area contributed by atoms with Gasteiger partial charge < -0.3 is 4.74 Å². The lowest BCUT2D eigenvalue weighted by Gasteiger charge is -2.21. The molecule has 0 bridgehead atoms. The number of nitrogens with zero attached hydrogens (tertiary/aromatic N) is 4. The molecular formula is C19H18N4OS. The molecule has 126 valence electrons. The topological polar surface area (TPSA) is 52.3 Å². The highest BCUT2D eigenvalue weighted by Gasteiger charge is 2.27. The zero-order chi connectivity index (χ0) is 17.4. The van der Waals surface area contributed by atoms with Gasteiger partial charge in [-0.1, -0.05) is 47.7 Å². The second-order valence-electron chi connectivity index (χ2n) is 5.93. The van der Waals surface area contributed by atoms with Crippen LogP contribution in [-0.2, 0) is 0 Å². The van der Waals surface area contributed by atoms with E-state index in [0.717, 1.165) is 33.6 Å². The second-order valence-corrected chi connectivity index (χ2v) is 7.24. The molecule has 1 aliphatic rings. The lowest BCUT2D eigenvalue weighted by atomic mass is 10.1. The van der Waals surface area contributed by atoms with Gasteiger partial charge in [0.25, 0.3) is 0 Å². The van der Waals surface area contributed by atoms with E-state index in [-0.39, 0.29) is 5.25 Å². The Kier molecular flexibility index (Phi) is 4.05. The van der Waals surface area contributed by atoms with Gasteiger partial charge in [0.05, 0.1) is 18.1 Å². The number of aryl methyl sites for hydroxylation is 1. The van der Waals surface area contributed by atoms with E-state index in [0.29, 0.717) is 0 Å². The van der Waals surface area contributed by atoms with Crippen molar-refractivity contribution in [3.63, 3.8) is 0 Å².